The molecule has 47 valence electrons. The molecule has 0 amide bonds. The average Bonchev–Trinajstić information content (AvgIpc) is 1.83. The van der Waals surface area contributed by atoms with Crippen molar-refractivity contribution in [3.8, 4) is 0 Å². The Hall–Kier alpha value is -0.0800. The summed E-state index contributed by atoms with van der Waals surface area (Å²) in [6, 6.07) is 5.59. The molecule has 1 aromatic carbocycles. The van der Waals surface area contributed by atoms with Crippen molar-refractivity contribution in [2.45, 2.75) is 0 Å². The second-order valence-corrected chi connectivity index (χ2v) is 2.69. The molecule has 0 unspecified atom stereocenters. The molecular formula is C6H2BrClF. The first-order valence-corrected chi connectivity index (χ1v) is 3.40. The lowest BCUT2D eigenvalue weighted by molar-refractivity contribution is 0.621. The van der Waals surface area contributed by atoms with Crippen molar-refractivity contribution in [2.24, 2.45) is 0 Å². The molecule has 0 aliphatic carbocycles. The van der Waals surface area contributed by atoms with Gasteiger partial charge < -0.3 is 0 Å². The van der Waals surface area contributed by atoms with Gasteiger partial charge >= 0.3 is 0 Å². The highest BCUT2D eigenvalue weighted by molar-refractivity contribution is 9.10. The molecule has 1 aromatic rings. The van der Waals surface area contributed by atoms with Crippen LogP contribution in [0.1, 0.15) is 0 Å². The van der Waals surface area contributed by atoms with E-state index in [1.54, 1.807) is 12.1 Å². The van der Waals surface area contributed by atoms with Crippen LogP contribution in [0.5, 0.6) is 0 Å². The van der Waals surface area contributed by atoms with Crippen LogP contribution in [0.4, 0.5) is 4.39 Å². The summed E-state index contributed by atoms with van der Waals surface area (Å²) in [4.78, 5) is 0. The van der Waals surface area contributed by atoms with E-state index in [0.29, 0.717) is 4.47 Å². The highest BCUT2D eigenvalue weighted by atomic mass is 79.9. The van der Waals surface area contributed by atoms with Gasteiger partial charge in [0, 0.05) is 6.07 Å². The molecule has 0 bridgehead atoms. The van der Waals surface area contributed by atoms with E-state index in [2.05, 4.69) is 22.0 Å². The van der Waals surface area contributed by atoms with E-state index in [1.165, 1.54) is 0 Å². The zero-order valence-electron chi connectivity index (χ0n) is 4.29. The first-order chi connectivity index (χ1) is 4.22. The van der Waals surface area contributed by atoms with Gasteiger partial charge in [0.1, 0.15) is 0 Å². The maximum atomic E-state index is 12.5. The van der Waals surface area contributed by atoms with Gasteiger partial charge in [-0.25, -0.2) is 4.39 Å². The minimum atomic E-state index is -0.459. The van der Waals surface area contributed by atoms with Crippen LogP contribution >= 0.6 is 27.5 Å². The molecule has 0 nitrogen and oxygen atoms in total. The molecule has 0 saturated heterocycles. The molecular weight excluding hydrogens is 206 g/mol. The van der Waals surface area contributed by atoms with E-state index in [9.17, 15) is 4.39 Å². The Labute approximate surface area is 65.8 Å². The van der Waals surface area contributed by atoms with Gasteiger partial charge in [-0.1, -0.05) is 17.7 Å². The maximum absolute atomic E-state index is 12.5. The second kappa shape index (κ2) is 2.67. The van der Waals surface area contributed by atoms with E-state index in [0.717, 1.165) is 0 Å². The minimum Gasteiger partial charge on any atom is -0.204 e. The van der Waals surface area contributed by atoms with Crippen LogP contribution in [0.15, 0.2) is 16.6 Å². The first kappa shape index (κ1) is 7.03. The minimum absolute atomic E-state index is 0.0179. The summed E-state index contributed by atoms with van der Waals surface area (Å²) >= 11 is 8.32. The Kier molecular flexibility index (Phi) is 2.09. The topological polar surface area (TPSA) is 0 Å². The maximum Gasteiger partial charge on any atom is 0.156 e. The van der Waals surface area contributed by atoms with Crippen LogP contribution in [0, 0.1) is 11.9 Å². The normalized spacial score (nSPS) is 9.67. The third kappa shape index (κ3) is 1.43. The highest BCUT2D eigenvalue weighted by Crippen LogP contribution is 2.21. The highest BCUT2D eigenvalue weighted by Gasteiger charge is 2.01. The Morgan fingerprint density at radius 3 is 2.78 bits per heavy atom. The van der Waals surface area contributed by atoms with E-state index in [-0.39, 0.29) is 5.02 Å². The van der Waals surface area contributed by atoms with Gasteiger partial charge in [0.05, 0.1) is 9.50 Å². The number of rotatable bonds is 0. The van der Waals surface area contributed by atoms with Crippen molar-refractivity contribution in [3.05, 3.63) is 33.5 Å². The SMILES string of the molecule is Fc1c(Cl)[c]ccc1Br. The fraction of sp³-hybridized carbons (Fsp3) is 0. The summed E-state index contributed by atoms with van der Waals surface area (Å²) in [6.45, 7) is 0. The van der Waals surface area contributed by atoms with Crippen LogP contribution in [-0.2, 0) is 0 Å². The summed E-state index contributed by atoms with van der Waals surface area (Å²) in [5.74, 6) is -0.459. The number of hydrogen-bond acceptors (Lipinski definition) is 0. The zero-order chi connectivity index (χ0) is 6.85. The van der Waals surface area contributed by atoms with E-state index in [1.807, 2.05) is 0 Å². The summed E-state index contributed by atoms with van der Waals surface area (Å²) in [5, 5.41) is 0.0179. The van der Waals surface area contributed by atoms with Crippen LogP contribution in [-0.4, -0.2) is 0 Å². The Morgan fingerprint density at radius 2 is 2.33 bits per heavy atom. The van der Waals surface area contributed by atoms with Gasteiger partial charge in [-0.2, -0.15) is 0 Å². The Bertz CT molecular complexity index is 204. The first-order valence-electron chi connectivity index (χ1n) is 2.23. The molecule has 0 N–H and O–H groups in total. The number of hydrogen-bond donors (Lipinski definition) is 0. The summed E-state index contributed by atoms with van der Waals surface area (Å²) in [5.41, 5.74) is 0. The van der Waals surface area contributed by atoms with Gasteiger partial charge in [-0.15, -0.1) is 0 Å². The summed E-state index contributed by atoms with van der Waals surface area (Å²) < 4.78 is 12.9. The van der Waals surface area contributed by atoms with Gasteiger partial charge in [0.2, 0.25) is 0 Å². The monoisotopic (exact) mass is 207 g/mol. The molecule has 0 atom stereocenters. The third-order valence-electron chi connectivity index (χ3n) is 0.842. The summed E-state index contributed by atoms with van der Waals surface area (Å²) in [6.07, 6.45) is 0. The molecule has 9 heavy (non-hydrogen) atoms. The van der Waals surface area contributed by atoms with E-state index in [4.69, 9.17) is 11.6 Å². The lowest BCUT2D eigenvalue weighted by atomic mass is 10.3. The third-order valence-corrected chi connectivity index (χ3v) is 1.73. The fourth-order valence-electron chi connectivity index (χ4n) is 0.429. The standard InChI is InChI=1S/C6H2BrClF/c7-4-2-1-3-5(8)6(4)9/h1-2H. The molecule has 0 fully saturated rings. The largest absolute Gasteiger partial charge is 0.204 e. The van der Waals surface area contributed by atoms with Crippen molar-refractivity contribution in [2.75, 3.05) is 0 Å². The Balaban J connectivity index is 3.25. The molecule has 1 radical (unpaired) electrons. The Morgan fingerprint density at radius 1 is 1.67 bits per heavy atom. The smallest absolute Gasteiger partial charge is 0.156 e. The van der Waals surface area contributed by atoms with Crippen LogP contribution in [0.3, 0.4) is 0 Å². The molecule has 0 aromatic heterocycles. The van der Waals surface area contributed by atoms with Crippen molar-refractivity contribution in [1.29, 1.82) is 0 Å². The number of benzene rings is 1. The van der Waals surface area contributed by atoms with Gasteiger partial charge in [0.15, 0.2) is 5.82 Å². The van der Waals surface area contributed by atoms with Gasteiger partial charge in [0.25, 0.3) is 0 Å². The lowest BCUT2D eigenvalue weighted by Crippen LogP contribution is -1.76. The van der Waals surface area contributed by atoms with Gasteiger partial charge in [-0.3, -0.25) is 0 Å². The second-order valence-electron chi connectivity index (χ2n) is 1.45. The van der Waals surface area contributed by atoms with Gasteiger partial charge in [-0.05, 0) is 22.0 Å². The molecule has 0 aliphatic heterocycles. The van der Waals surface area contributed by atoms with Crippen molar-refractivity contribution < 1.29 is 4.39 Å². The van der Waals surface area contributed by atoms with Crippen LogP contribution in [0.2, 0.25) is 5.02 Å². The van der Waals surface area contributed by atoms with Crippen molar-refractivity contribution >= 4 is 27.5 Å². The molecule has 0 saturated carbocycles. The fourth-order valence-corrected chi connectivity index (χ4v) is 1.04. The number of halogens is 3. The molecule has 0 spiro atoms. The van der Waals surface area contributed by atoms with Crippen molar-refractivity contribution in [1.82, 2.24) is 0 Å². The van der Waals surface area contributed by atoms with Crippen LogP contribution in [0.25, 0.3) is 0 Å². The quantitative estimate of drug-likeness (QED) is 0.575. The van der Waals surface area contributed by atoms with E-state index >= 15 is 0 Å². The van der Waals surface area contributed by atoms with E-state index < -0.39 is 5.82 Å². The predicted octanol–water partition coefficient (Wildman–Crippen LogP) is 3.04. The zero-order valence-corrected chi connectivity index (χ0v) is 6.63. The molecule has 0 aliphatic rings. The van der Waals surface area contributed by atoms with Crippen molar-refractivity contribution in [3.63, 3.8) is 0 Å². The average molecular weight is 208 g/mol. The predicted molar refractivity (Wildman–Crippen MR) is 37.9 cm³/mol. The summed E-state index contributed by atoms with van der Waals surface area (Å²) in [7, 11) is 0. The lowest BCUT2D eigenvalue weighted by Gasteiger charge is -1.92. The molecule has 3 heteroatoms. The molecule has 1 rings (SSSR count). The molecule has 0 heterocycles. The van der Waals surface area contributed by atoms with Crippen LogP contribution < -0.4 is 0 Å².